The predicted octanol–water partition coefficient (Wildman–Crippen LogP) is 3.74. The van der Waals surface area contributed by atoms with Crippen LogP contribution >= 0.6 is 11.6 Å². The zero-order valence-electron chi connectivity index (χ0n) is 11.8. The van der Waals surface area contributed by atoms with Gasteiger partial charge in [-0.1, -0.05) is 17.7 Å². The van der Waals surface area contributed by atoms with Crippen LogP contribution in [-0.4, -0.2) is 23.0 Å². The minimum Gasteiger partial charge on any atom is -0.326 e. The molecule has 4 heteroatoms. The molecule has 1 aromatic rings. The number of piperidine rings is 1. The summed E-state index contributed by atoms with van der Waals surface area (Å²) in [5.74, 6) is -0.378. The van der Waals surface area contributed by atoms with Crippen LogP contribution in [-0.2, 0) is 0 Å². The second-order valence-electron chi connectivity index (χ2n) is 6.29. The lowest BCUT2D eigenvalue weighted by atomic mass is 9.87. The molecule has 0 saturated carbocycles. The molecular formula is C15H22ClFN2. The van der Waals surface area contributed by atoms with Gasteiger partial charge in [0, 0.05) is 11.6 Å². The van der Waals surface area contributed by atoms with E-state index in [1.54, 1.807) is 12.1 Å². The fourth-order valence-electron chi connectivity index (χ4n) is 2.90. The summed E-state index contributed by atoms with van der Waals surface area (Å²) in [6, 6.07) is 5.11. The van der Waals surface area contributed by atoms with Crippen LogP contribution in [0.25, 0.3) is 0 Å². The molecule has 1 heterocycles. The van der Waals surface area contributed by atoms with Gasteiger partial charge >= 0.3 is 0 Å². The Morgan fingerprint density at radius 2 is 2.05 bits per heavy atom. The summed E-state index contributed by atoms with van der Waals surface area (Å²) in [4.78, 5) is 2.39. The molecule has 1 fully saturated rings. The molecule has 0 aromatic heterocycles. The number of halogens is 2. The van der Waals surface area contributed by atoms with Crippen molar-refractivity contribution in [1.82, 2.24) is 4.90 Å². The third-order valence-corrected chi connectivity index (χ3v) is 4.11. The average molecular weight is 285 g/mol. The summed E-state index contributed by atoms with van der Waals surface area (Å²) >= 11 is 5.91. The Kier molecular flexibility index (Phi) is 4.19. The smallest absolute Gasteiger partial charge is 0.141 e. The second kappa shape index (κ2) is 5.39. The van der Waals surface area contributed by atoms with Gasteiger partial charge in [0.2, 0.25) is 0 Å². The molecule has 1 aliphatic heterocycles. The Bertz CT molecular complexity index is 456. The van der Waals surface area contributed by atoms with Gasteiger partial charge in [0.05, 0.1) is 11.1 Å². The Morgan fingerprint density at radius 1 is 1.37 bits per heavy atom. The van der Waals surface area contributed by atoms with Crippen LogP contribution in [0, 0.1) is 5.82 Å². The molecule has 2 rings (SSSR count). The molecule has 106 valence electrons. The van der Waals surface area contributed by atoms with Gasteiger partial charge in [-0.25, -0.2) is 4.39 Å². The Morgan fingerprint density at radius 3 is 2.63 bits per heavy atom. The number of nitrogens with zero attached hydrogens (tertiary/aromatic N) is 1. The molecule has 1 aliphatic rings. The summed E-state index contributed by atoms with van der Waals surface area (Å²) < 4.78 is 13.3. The Labute approximate surface area is 119 Å². The molecule has 19 heavy (non-hydrogen) atoms. The van der Waals surface area contributed by atoms with Crippen LogP contribution in [0.15, 0.2) is 18.2 Å². The van der Waals surface area contributed by atoms with E-state index >= 15 is 0 Å². The minimum absolute atomic E-state index is 0.0313. The molecule has 0 spiro atoms. The SMILES string of the molecule is CC(C)(C)N1CCCC(N)C1c1ccc(F)c(Cl)c1. The van der Waals surface area contributed by atoms with Gasteiger partial charge in [0.25, 0.3) is 0 Å². The maximum Gasteiger partial charge on any atom is 0.141 e. The highest BCUT2D eigenvalue weighted by Crippen LogP contribution is 2.36. The number of benzene rings is 1. The maximum absolute atomic E-state index is 13.3. The van der Waals surface area contributed by atoms with Crippen LogP contribution in [0.3, 0.4) is 0 Å². The van der Waals surface area contributed by atoms with Crippen LogP contribution in [0.5, 0.6) is 0 Å². The van der Waals surface area contributed by atoms with E-state index in [0.29, 0.717) is 0 Å². The lowest BCUT2D eigenvalue weighted by molar-refractivity contribution is 0.0384. The van der Waals surface area contributed by atoms with Gasteiger partial charge in [-0.15, -0.1) is 0 Å². The predicted molar refractivity (Wildman–Crippen MR) is 77.8 cm³/mol. The first-order valence-electron chi connectivity index (χ1n) is 6.78. The third-order valence-electron chi connectivity index (χ3n) is 3.82. The zero-order chi connectivity index (χ0) is 14.2. The number of rotatable bonds is 1. The van der Waals surface area contributed by atoms with Crippen LogP contribution in [0.2, 0.25) is 5.02 Å². The fourth-order valence-corrected chi connectivity index (χ4v) is 3.09. The molecule has 0 radical (unpaired) electrons. The third kappa shape index (κ3) is 3.10. The molecule has 1 saturated heterocycles. The Balaban J connectivity index is 2.39. The van der Waals surface area contributed by atoms with Crippen LogP contribution < -0.4 is 5.73 Å². The van der Waals surface area contributed by atoms with E-state index in [-0.39, 0.29) is 28.5 Å². The number of likely N-dealkylation sites (tertiary alicyclic amines) is 1. The molecular weight excluding hydrogens is 263 g/mol. The number of hydrogen-bond acceptors (Lipinski definition) is 2. The fraction of sp³-hybridized carbons (Fsp3) is 0.600. The molecule has 2 N–H and O–H groups in total. The maximum atomic E-state index is 13.3. The van der Waals surface area contributed by atoms with E-state index in [2.05, 4.69) is 25.7 Å². The van der Waals surface area contributed by atoms with E-state index in [0.717, 1.165) is 24.9 Å². The van der Waals surface area contributed by atoms with Gasteiger partial charge in [0.15, 0.2) is 0 Å². The largest absolute Gasteiger partial charge is 0.326 e. The van der Waals surface area contributed by atoms with Crippen molar-refractivity contribution in [2.45, 2.75) is 51.2 Å². The van der Waals surface area contributed by atoms with Crippen molar-refractivity contribution in [1.29, 1.82) is 0 Å². The lowest BCUT2D eigenvalue weighted by Gasteiger charge is -2.47. The highest BCUT2D eigenvalue weighted by Gasteiger charge is 2.36. The van der Waals surface area contributed by atoms with Crippen molar-refractivity contribution in [2.75, 3.05) is 6.54 Å². The van der Waals surface area contributed by atoms with Crippen molar-refractivity contribution >= 4 is 11.6 Å². The standard InChI is InChI=1S/C15H22ClFN2/c1-15(2,3)19-8-4-5-13(18)14(19)10-6-7-12(17)11(16)9-10/h6-7,9,13-14H,4-5,8,18H2,1-3H3. The average Bonchev–Trinajstić information content (AvgIpc) is 2.31. The highest BCUT2D eigenvalue weighted by molar-refractivity contribution is 6.30. The molecule has 0 amide bonds. The summed E-state index contributed by atoms with van der Waals surface area (Å²) in [5.41, 5.74) is 7.35. The highest BCUT2D eigenvalue weighted by atomic mass is 35.5. The summed E-state index contributed by atoms with van der Waals surface area (Å²) in [6.45, 7) is 7.56. The summed E-state index contributed by atoms with van der Waals surface area (Å²) in [7, 11) is 0. The van der Waals surface area contributed by atoms with Crippen LogP contribution in [0.4, 0.5) is 4.39 Å². The summed E-state index contributed by atoms with van der Waals surface area (Å²) in [5, 5.41) is 0.170. The quantitative estimate of drug-likeness (QED) is 0.851. The van der Waals surface area contributed by atoms with Gasteiger partial charge < -0.3 is 5.73 Å². The number of hydrogen-bond donors (Lipinski definition) is 1. The van der Waals surface area contributed by atoms with Crippen molar-refractivity contribution in [2.24, 2.45) is 5.73 Å². The minimum atomic E-state index is -0.378. The molecule has 2 unspecified atom stereocenters. The van der Waals surface area contributed by atoms with Crippen molar-refractivity contribution in [3.05, 3.63) is 34.6 Å². The normalized spacial score (nSPS) is 25.6. The van der Waals surface area contributed by atoms with E-state index in [9.17, 15) is 4.39 Å². The number of nitrogens with two attached hydrogens (primary N) is 1. The topological polar surface area (TPSA) is 29.3 Å². The van der Waals surface area contributed by atoms with E-state index in [1.807, 2.05) is 0 Å². The Hall–Kier alpha value is -0.640. The molecule has 2 nitrogen and oxygen atoms in total. The first-order valence-corrected chi connectivity index (χ1v) is 7.16. The van der Waals surface area contributed by atoms with Gasteiger partial charge in [-0.3, -0.25) is 4.90 Å². The van der Waals surface area contributed by atoms with Crippen molar-refractivity contribution in [3.8, 4) is 0 Å². The molecule has 2 atom stereocenters. The lowest BCUT2D eigenvalue weighted by Crippen LogP contribution is -2.53. The van der Waals surface area contributed by atoms with E-state index in [1.165, 1.54) is 6.07 Å². The van der Waals surface area contributed by atoms with Crippen LogP contribution in [0.1, 0.15) is 45.2 Å². The first kappa shape index (κ1) is 14.8. The van der Waals surface area contributed by atoms with Crippen molar-refractivity contribution < 1.29 is 4.39 Å². The van der Waals surface area contributed by atoms with E-state index in [4.69, 9.17) is 17.3 Å². The first-order chi connectivity index (χ1) is 8.80. The summed E-state index contributed by atoms with van der Waals surface area (Å²) in [6.07, 6.45) is 2.09. The molecule has 1 aromatic carbocycles. The zero-order valence-corrected chi connectivity index (χ0v) is 12.5. The van der Waals surface area contributed by atoms with Gasteiger partial charge in [-0.05, 0) is 57.9 Å². The van der Waals surface area contributed by atoms with Gasteiger partial charge in [-0.2, -0.15) is 0 Å². The molecule has 0 aliphatic carbocycles. The monoisotopic (exact) mass is 284 g/mol. The van der Waals surface area contributed by atoms with Crippen molar-refractivity contribution in [3.63, 3.8) is 0 Å². The van der Waals surface area contributed by atoms with Gasteiger partial charge in [0.1, 0.15) is 5.82 Å². The second-order valence-corrected chi connectivity index (χ2v) is 6.70. The van der Waals surface area contributed by atoms with E-state index < -0.39 is 0 Å². The molecule has 0 bridgehead atoms.